The van der Waals surface area contributed by atoms with Gasteiger partial charge in [0.1, 0.15) is 18.1 Å². The van der Waals surface area contributed by atoms with E-state index in [0.29, 0.717) is 23.6 Å². The number of aromatic amines is 1. The van der Waals surface area contributed by atoms with E-state index in [2.05, 4.69) is 25.9 Å². The van der Waals surface area contributed by atoms with Gasteiger partial charge >= 0.3 is 5.97 Å². The topological polar surface area (TPSA) is 222 Å². The Labute approximate surface area is 211 Å². The zero-order valence-electron chi connectivity index (χ0n) is 19.6. The van der Waals surface area contributed by atoms with Gasteiger partial charge in [-0.25, -0.2) is 9.78 Å². The molecule has 0 aliphatic carbocycles. The van der Waals surface area contributed by atoms with Gasteiger partial charge in [-0.3, -0.25) is 19.2 Å². The monoisotopic (exact) mass is 531 g/mol. The van der Waals surface area contributed by atoms with Crippen molar-refractivity contribution in [2.24, 2.45) is 11.5 Å². The number of H-pyrrole nitrogens is 1. The Bertz CT molecular complexity index is 855. The molecule has 9 N–H and O–H groups in total. The predicted molar refractivity (Wildman–Crippen MR) is 134 cm³/mol. The molecule has 0 bridgehead atoms. The van der Waals surface area contributed by atoms with E-state index in [4.69, 9.17) is 11.5 Å². The first-order valence-electron chi connectivity index (χ1n) is 10.7. The molecule has 0 spiro atoms. The molecule has 0 radical (unpaired) electrons. The van der Waals surface area contributed by atoms with Crippen LogP contribution in [0.25, 0.3) is 0 Å². The number of rotatable bonds is 17. The van der Waals surface area contributed by atoms with Crippen LogP contribution in [0.15, 0.2) is 12.5 Å². The van der Waals surface area contributed by atoms with Gasteiger partial charge in [0, 0.05) is 18.3 Å². The molecule has 4 amide bonds. The number of nitrogens with one attached hydrogen (secondary N) is 4. The molecule has 15 heteroatoms. The minimum atomic E-state index is -1.57. The molecule has 0 saturated heterocycles. The van der Waals surface area contributed by atoms with Crippen LogP contribution in [0.3, 0.4) is 0 Å². The molecule has 0 saturated carbocycles. The molecule has 13 nitrogen and oxygen atoms in total. The Morgan fingerprint density at radius 2 is 1.54 bits per heavy atom. The Hall–Kier alpha value is -2.78. The molecule has 4 unspecified atom stereocenters. The minimum Gasteiger partial charge on any atom is -0.480 e. The highest BCUT2D eigenvalue weighted by Crippen LogP contribution is 2.06. The number of carboxylic acid groups (broad SMARTS) is 1. The van der Waals surface area contributed by atoms with E-state index in [1.165, 1.54) is 24.3 Å². The van der Waals surface area contributed by atoms with E-state index in [0.717, 1.165) is 0 Å². The Morgan fingerprint density at radius 1 is 0.971 bits per heavy atom. The number of amides is 4. The normalized spacial score (nSPS) is 14.3. The molecular formula is C20H33N7O6S2. The van der Waals surface area contributed by atoms with Crippen LogP contribution in [-0.4, -0.2) is 92.9 Å². The number of hydrogen-bond acceptors (Lipinski definition) is 9. The number of nitrogens with zero attached hydrogens (tertiary/aromatic N) is 1. The van der Waals surface area contributed by atoms with Crippen molar-refractivity contribution in [1.29, 1.82) is 0 Å². The van der Waals surface area contributed by atoms with Crippen LogP contribution in [-0.2, 0) is 30.4 Å². The van der Waals surface area contributed by atoms with Crippen molar-refractivity contribution < 1.29 is 29.1 Å². The van der Waals surface area contributed by atoms with Crippen LogP contribution < -0.4 is 27.4 Å². The Kier molecular flexibility index (Phi) is 13.8. The van der Waals surface area contributed by atoms with Crippen molar-refractivity contribution in [3.63, 3.8) is 0 Å². The molecular weight excluding hydrogens is 498 g/mol. The largest absolute Gasteiger partial charge is 0.480 e. The zero-order chi connectivity index (χ0) is 26.4. The first kappa shape index (κ1) is 30.3. The van der Waals surface area contributed by atoms with E-state index < -0.39 is 60.2 Å². The second-order valence-electron chi connectivity index (χ2n) is 7.64. The second kappa shape index (κ2) is 16.0. The van der Waals surface area contributed by atoms with E-state index in [1.807, 2.05) is 12.5 Å². The predicted octanol–water partition coefficient (Wildman–Crippen LogP) is -1.80. The maximum atomic E-state index is 13.1. The number of primary amides is 1. The van der Waals surface area contributed by atoms with Crippen molar-refractivity contribution in [2.45, 2.75) is 49.9 Å². The van der Waals surface area contributed by atoms with Crippen LogP contribution in [0.2, 0.25) is 0 Å². The fourth-order valence-corrected chi connectivity index (χ4v) is 3.89. The average molecular weight is 532 g/mol. The van der Waals surface area contributed by atoms with E-state index in [-0.39, 0.29) is 12.8 Å². The maximum Gasteiger partial charge on any atom is 0.326 e. The molecule has 0 aliphatic heterocycles. The van der Waals surface area contributed by atoms with Crippen molar-refractivity contribution in [1.82, 2.24) is 25.9 Å². The van der Waals surface area contributed by atoms with Gasteiger partial charge in [-0.15, -0.1) is 0 Å². The number of carboxylic acids is 1. The molecule has 1 aromatic heterocycles. The molecule has 4 atom stereocenters. The van der Waals surface area contributed by atoms with Gasteiger partial charge in [-0.2, -0.15) is 23.5 Å². The van der Waals surface area contributed by atoms with Crippen molar-refractivity contribution in [3.8, 4) is 0 Å². The minimum absolute atomic E-state index is 0.0447. The summed E-state index contributed by atoms with van der Waals surface area (Å²) < 4.78 is 0. The first-order chi connectivity index (χ1) is 16.6. The third-order valence-corrected chi connectivity index (χ3v) is 6.13. The number of imidazole rings is 1. The quantitative estimate of drug-likeness (QED) is 0.119. The van der Waals surface area contributed by atoms with Gasteiger partial charge in [0.05, 0.1) is 18.8 Å². The van der Waals surface area contributed by atoms with E-state index in [9.17, 15) is 29.1 Å². The summed E-state index contributed by atoms with van der Waals surface area (Å²) in [7, 11) is 0. The molecule has 0 fully saturated rings. The number of hydrogen-bond donors (Lipinski definition) is 7. The molecule has 0 aromatic carbocycles. The highest BCUT2D eigenvalue weighted by atomic mass is 32.2. The first-order valence-corrected chi connectivity index (χ1v) is 13.5. The smallest absolute Gasteiger partial charge is 0.326 e. The van der Waals surface area contributed by atoms with Crippen molar-refractivity contribution in [2.75, 3.05) is 24.0 Å². The third kappa shape index (κ3) is 11.5. The fourth-order valence-electron chi connectivity index (χ4n) is 2.93. The van der Waals surface area contributed by atoms with Crippen LogP contribution >= 0.6 is 23.5 Å². The van der Waals surface area contributed by atoms with E-state index >= 15 is 0 Å². The summed E-state index contributed by atoms with van der Waals surface area (Å²) in [5.74, 6) is -3.09. The number of thioether (sulfide) groups is 2. The maximum absolute atomic E-state index is 13.1. The lowest BCUT2D eigenvalue weighted by Crippen LogP contribution is -2.58. The number of aromatic nitrogens is 2. The van der Waals surface area contributed by atoms with Crippen molar-refractivity contribution >= 4 is 53.1 Å². The molecule has 1 rings (SSSR count). The average Bonchev–Trinajstić information content (AvgIpc) is 3.31. The molecule has 35 heavy (non-hydrogen) atoms. The molecule has 1 heterocycles. The Morgan fingerprint density at radius 3 is 2.09 bits per heavy atom. The highest BCUT2D eigenvalue weighted by molar-refractivity contribution is 7.98. The summed E-state index contributed by atoms with van der Waals surface area (Å²) in [4.78, 5) is 67.8. The summed E-state index contributed by atoms with van der Waals surface area (Å²) in [6, 6.07) is -4.55. The van der Waals surface area contributed by atoms with Gasteiger partial charge in [-0.05, 0) is 36.9 Å². The molecule has 196 valence electrons. The van der Waals surface area contributed by atoms with Crippen LogP contribution in [0.5, 0.6) is 0 Å². The summed E-state index contributed by atoms with van der Waals surface area (Å²) in [6.45, 7) is 0. The SMILES string of the molecule is CSCCC(N)C(=O)NC(CCSC)C(=O)NC(Cc1cnc[nH]1)C(=O)NC(CC(N)=O)C(=O)O. The summed E-state index contributed by atoms with van der Waals surface area (Å²) in [5, 5.41) is 16.7. The highest BCUT2D eigenvalue weighted by Gasteiger charge is 2.31. The fraction of sp³-hybridized carbons (Fsp3) is 0.600. The number of aliphatic carboxylic acids is 1. The van der Waals surface area contributed by atoms with Crippen LogP contribution in [0.1, 0.15) is 25.0 Å². The lowest BCUT2D eigenvalue weighted by molar-refractivity contribution is -0.143. The van der Waals surface area contributed by atoms with Gasteiger partial charge in [0.25, 0.3) is 0 Å². The summed E-state index contributed by atoms with van der Waals surface area (Å²) in [5.41, 5.74) is 11.5. The molecule has 1 aromatic rings. The number of nitrogens with two attached hydrogens (primary N) is 2. The van der Waals surface area contributed by atoms with Crippen LogP contribution in [0.4, 0.5) is 0 Å². The second-order valence-corrected chi connectivity index (χ2v) is 9.61. The van der Waals surface area contributed by atoms with Crippen molar-refractivity contribution in [3.05, 3.63) is 18.2 Å². The lowest BCUT2D eigenvalue weighted by atomic mass is 10.1. The van der Waals surface area contributed by atoms with E-state index in [1.54, 1.807) is 11.8 Å². The van der Waals surface area contributed by atoms with Gasteiger partial charge < -0.3 is 37.5 Å². The number of carbonyl (C=O) groups excluding carboxylic acids is 4. The Balaban J connectivity index is 3.02. The summed E-state index contributed by atoms with van der Waals surface area (Å²) >= 11 is 3.02. The standard InChI is InChI=1S/C20H33N7O6S2/c1-34-5-3-12(21)17(29)25-13(4-6-35-2)18(30)26-14(7-11-9-23-10-24-11)19(31)27-15(20(32)33)8-16(22)28/h9-10,12-15H,3-8,21H2,1-2H3,(H2,22,28)(H,23,24)(H,25,29)(H,26,30)(H,27,31)(H,32,33). The molecule has 0 aliphatic rings. The summed E-state index contributed by atoms with van der Waals surface area (Å²) in [6.07, 6.45) is 6.63. The van der Waals surface area contributed by atoms with Gasteiger partial charge in [0.15, 0.2) is 0 Å². The zero-order valence-corrected chi connectivity index (χ0v) is 21.2. The number of carbonyl (C=O) groups is 5. The third-order valence-electron chi connectivity index (χ3n) is 4.85. The lowest BCUT2D eigenvalue weighted by Gasteiger charge is -2.25. The van der Waals surface area contributed by atoms with Gasteiger partial charge in [-0.1, -0.05) is 0 Å². The van der Waals surface area contributed by atoms with Crippen LogP contribution in [0, 0.1) is 0 Å². The van der Waals surface area contributed by atoms with Gasteiger partial charge in [0.2, 0.25) is 23.6 Å².